The lowest BCUT2D eigenvalue weighted by atomic mass is 9.59. The minimum atomic E-state index is -1.59. The van der Waals surface area contributed by atoms with Gasteiger partial charge in [-0.3, -0.25) is 19.2 Å². The molecule has 1 saturated carbocycles. The highest BCUT2D eigenvalue weighted by Gasteiger charge is 2.68. The first kappa shape index (κ1) is 33.1. The molecule has 6 aliphatic rings. The second kappa shape index (κ2) is 12.5. The van der Waals surface area contributed by atoms with E-state index in [9.17, 15) is 24.0 Å². The third kappa shape index (κ3) is 6.27. The van der Waals surface area contributed by atoms with Crippen LogP contribution < -0.4 is 0 Å². The zero-order chi connectivity index (χ0) is 32.8. The molecule has 5 fully saturated rings. The normalized spacial score (nSPS) is 40.2. The van der Waals surface area contributed by atoms with Crippen LogP contribution in [0.15, 0.2) is 11.3 Å². The third-order valence-corrected chi connectivity index (χ3v) is 9.17. The van der Waals surface area contributed by atoms with Crippen LogP contribution in [0.4, 0.5) is 0 Å². The van der Waals surface area contributed by atoms with Crippen molar-refractivity contribution < 1.29 is 71.6 Å². The molecule has 2 bridgehead atoms. The SMILES string of the molecule is CC(=O)OC1[C@H](OC(C)=O)OC(COC(=O)C2=C(C)[C@@H]3CC[C@@H](C)[C@@H]4CC[C@]5(C)OO[C@@]34C(O2)O5)[C@H](OC(C)=O)[C@@H]1OC(C)=O. The van der Waals surface area contributed by atoms with Crippen LogP contribution in [0.2, 0.25) is 0 Å². The summed E-state index contributed by atoms with van der Waals surface area (Å²) in [7, 11) is 0. The van der Waals surface area contributed by atoms with E-state index in [1.54, 1.807) is 13.8 Å². The van der Waals surface area contributed by atoms with Gasteiger partial charge in [-0.1, -0.05) is 6.92 Å². The van der Waals surface area contributed by atoms with Gasteiger partial charge in [0, 0.05) is 46.0 Å². The summed E-state index contributed by atoms with van der Waals surface area (Å²) in [4.78, 5) is 73.5. The molecule has 11 atom stereocenters. The van der Waals surface area contributed by atoms with Crippen LogP contribution in [0.1, 0.15) is 74.1 Å². The maximum atomic E-state index is 13.6. The molecule has 45 heavy (non-hydrogen) atoms. The maximum Gasteiger partial charge on any atom is 0.373 e. The molecule has 4 saturated heterocycles. The number of hydrogen-bond acceptors (Lipinski definition) is 15. The Bertz CT molecular complexity index is 1260. The number of hydrogen-bond donors (Lipinski definition) is 0. The predicted octanol–water partition coefficient (Wildman–Crippen LogP) is 2.13. The highest BCUT2D eigenvalue weighted by atomic mass is 17.3. The zero-order valence-corrected chi connectivity index (χ0v) is 26.4. The van der Waals surface area contributed by atoms with Crippen LogP contribution in [0.5, 0.6) is 0 Å². The number of rotatable bonds is 7. The number of esters is 5. The number of carbonyl (C=O) groups is 5. The fourth-order valence-electron chi connectivity index (χ4n) is 7.29. The highest BCUT2D eigenvalue weighted by molar-refractivity contribution is 5.87. The van der Waals surface area contributed by atoms with Gasteiger partial charge in [0.15, 0.2) is 17.8 Å². The lowest BCUT2D eigenvalue weighted by molar-refractivity contribution is -0.556. The quantitative estimate of drug-likeness (QED) is 0.224. The maximum absolute atomic E-state index is 13.6. The van der Waals surface area contributed by atoms with Gasteiger partial charge in [-0.05, 0) is 44.6 Å². The summed E-state index contributed by atoms with van der Waals surface area (Å²) in [5, 5.41) is 0. The van der Waals surface area contributed by atoms with Crippen molar-refractivity contribution in [1.82, 2.24) is 0 Å². The minimum Gasteiger partial charge on any atom is -0.457 e. The molecule has 1 aliphatic carbocycles. The molecule has 1 spiro atoms. The minimum absolute atomic E-state index is 0.0608. The van der Waals surface area contributed by atoms with Gasteiger partial charge < -0.3 is 37.9 Å². The second-order valence-corrected chi connectivity index (χ2v) is 12.5. The molecule has 0 aromatic carbocycles. The van der Waals surface area contributed by atoms with Crippen molar-refractivity contribution in [3.8, 4) is 0 Å². The van der Waals surface area contributed by atoms with E-state index in [0.29, 0.717) is 24.3 Å². The monoisotopic (exact) mass is 640 g/mol. The van der Waals surface area contributed by atoms with E-state index in [1.807, 2.05) is 0 Å². The van der Waals surface area contributed by atoms with E-state index >= 15 is 0 Å². The van der Waals surface area contributed by atoms with Gasteiger partial charge in [0.1, 0.15) is 12.7 Å². The number of fused-ring (bicyclic) bond motifs is 2. The van der Waals surface area contributed by atoms with Crippen molar-refractivity contribution in [2.24, 2.45) is 17.8 Å². The first-order chi connectivity index (χ1) is 21.1. The Hall–Kier alpha value is -3.27. The van der Waals surface area contributed by atoms with E-state index in [4.69, 9.17) is 47.7 Å². The second-order valence-electron chi connectivity index (χ2n) is 12.5. The first-order valence-electron chi connectivity index (χ1n) is 15.1. The lowest BCUT2D eigenvalue weighted by Gasteiger charge is -2.57. The molecular formula is C30H40O15. The molecule has 6 rings (SSSR count). The Morgan fingerprint density at radius 3 is 2.09 bits per heavy atom. The Balaban J connectivity index is 1.41. The summed E-state index contributed by atoms with van der Waals surface area (Å²) in [6, 6.07) is 0. The Labute approximate surface area is 259 Å². The van der Waals surface area contributed by atoms with Gasteiger partial charge in [-0.25, -0.2) is 14.6 Å². The van der Waals surface area contributed by atoms with Crippen LogP contribution in [-0.4, -0.2) is 84.8 Å². The topological polar surface area (TPSA) is 178 Å². The van der Waals surface area contributed by atoms with Crippen LogP contribution in [-0.2, 0) is 71.6 Å². The molecule has 5 heterocycles. The summed E-state index contributed by atoms with van der Waals surface area (Å²) < 4.78 is 45.3. The van der Waals surface area contributed by atoms with Gasteiger partial charge in [0.2, 0.25) is 30.2 Å². The van der Waals surface area contributed by atoms with Crippen LogP contribution in [0.25, 0.3) is 0 Å². The summed E-state index contributed by atoms with van der Waals surface area (Å²) in [5.41, 5.74) is -0.327. The van der Waals surface area contributed by atoms with Gasteiger partial charge in [0.05, 0.1) is 0 Å². The lowest BCUT2D eigenvalue weighted by Crippen LogP contribution is -2.67. The summed E-state index contributed by atoms with van der Waals surface area (Å²) >= 11 is 0. The van der Waals surface area contributed by atoms with E-state index < -0.39 is 84.8 Å². The Morgan fingerprint density at radius 1 is 0.822 bits per heavy atom. The molecule has 3 unspecified atom stereocenters. The van der Waals surface area contributed by atoms with E-state index in [2.05, 4.69) is 6.92 Å². The molecule has 0 N–H and O–H groups in total. The van der Waals surface area contributed by atoms with Crippen molar-refractivity contribution in [1.29, 1.82) is 0 Å². The fourth-order valence-corrected chi connectivity index (χ4v) is 7.29. The number of ether oxygens (including phenoxy) is 8. The van der Waals surface area contributed by atoms with E-state index in [0.717, 1.165) is 40.5 Å². The molecule has 15 nitrogen and oxygen atoms in total. The van der Waals surface area contributed by atoms with Crippen molar-refractivity contribution in [3.05, 3.63) is 11.3 Å². The van der Waals surface area contributed by atoms with E-state index in [1.165, 1.54) is 0 Å². The average molecular weight is 641 g/mol. The van der Waals surface area contributed by atoms with Crippen LogP contribution in [0, 0.1) is 17.8 Å². The van der Waals surface area contributed by atoms with Crippen molar-refractivity contribution in [2.75, 3.05) is 6.61 Å². The molecule has 5 aliphatic heterocycles. The summed E-state index contributed by atoms with van der Waals surface area (Å²) in [6.07, 6.45) is -5.24. The number of carbonyl (C=O) groups excluding carboxylic acids is 5. The molecule has 15 heteroatoms. The smallest absolute Gasteiger partial charge is 0.373 e. The fraction of sp³-hybridized carbons (Fsp3) is 0.767. The van der Waals surface area contributed by atoms with Crippen molar-refractivity contribution in [2.45, 2.75) is 123 Å². The Morgan fingerprint density at radius 2 is 1.44 bits per heavy atom. The molecule has 250 valence electrons. The van der Waals surface area contributed by atoms with Crippen molar-refractivity contribution in [3.63, 3.8) is 0 Å². The molecule has 0 amide bonds. The van der Waals surface area contributed by atoms with Gasteiger partial charge in [-0.2, -0.15) is 0 Å². The third-order valence-electron chi connectivity index (χ3n) is 9.17. The predicted molar refractivity (Wildman–Crippen MR) is 145 cm³/mol. The van der Waals surface area contributed by atoms with Crippen molar-refractivity contribution >= 4 is 29.8 Å². The Kier molecular flexibility index (Phi) is 9.19. The van der Waals surface area contributed by atoms with Gasteiger partial charge >= 0.3 is 29.8 Å². The van der Waals surface area contributed by atoms with Gasteiger partial charge in [0.25, 0.3) is 0 Å². The standard InChI is InChI=1S/C30H40O15/c1-13-8-9-20-14(2)22(42-28-30(20)19(13)10-11-29(7,43-28)44-45-30)26(35)36-12-21-23(37-15(3)31)24(38-16(4)32)25(39-17(5)33)27(41-21)40-18(6)34/h13,19-21,23-25,27-28H,8-12H2,1-7H3/t13-,19+,20+,21?,23+,24+,25?,27-,28?,29+,30-/m1/s1. The largest absolute Gasteiger partial charge is 0.457 e. The summed E-state index contributed by atoms with van der Waals surface area (Å²) in [5.74, 6) is -5.05. The average Bonchev–Trinajstić information content (AvgIpc) is 3.17. The highest BCUT2D eigenvalue weighted by Crippen LogP contribution is 2.60. The molecule has 0 aromatic heterocycles. The van der Waals surface area contributed by atoms with Crippen LogP contribution in [0.3, 0.4) is 0 Å². The first-order valence-corrected chi connectivity index (χ1v) is 15.1. The summed E-state index contributed by atoms with van der Waals surface area (Å²) in [6.45, 7) is 9.54. The molecule has 0 radical (unpaired) electrons. The van der Waals surface area contributed by atoms with E-state index in [-0.39, 0.29) is 17.6 Å². The van der Waals surface area contributed by atoms with Crippen LogP contribution >= 0.6 is 0 Å². The van der Waals surface area contributed by atoms with Gasteiger partial charge in [-0.15, -0.1) is 0 Å². The molecule has 0 aromatic rings. The molecular weight excluding hydrogens is 600 g/mol. The zero-order valence-electron chi connectivity index (χ0n) is 26.4.